The zero-order valence-electron chi connectivity index (χ0n) is 14.4. The summed E-state index contributed by atoms with van der Waals surface area (Å²) in [6.45, 7) is 4.39. The van der Waals surface area contributed by atoms with Crippen LogP contribution in [0.4, 0.5) is 0 Å². The van der Waals surface area contributed by atoms with Gasteiger partial charge in [-0.1, -0.05) is 46.6 Å². The van der Waals surface area contributed by atoms with Gasteiger partial charge in [0, 0.05) is 23.7 Å². The Morgan fingerprint density at radius 1 is 0.640 bits per heavy atom. The third-order valence-electron chi connectivity index (χ3n) is 4.91. The molecule has 0 N–H and O–H groups in total. The Kier molecular flexibility index (Phi) is 7.72. The molecule has 10 radical (unpaired) electrons. The topological polar surface area (TPSA) is 0 Å². The Morgan fingerprint density at radius 3 is 1.40 bits per heavy atom. The average molecular weight is 447 g/mol. The predicted octanol–water partition coefficient (Wildman–Crippen LogP) is 6.47. The van der Waals surface area contributed by atoms with Gasteiger partial charge in [0.2, 0.25) is 0 Å². The van der Waals surface area contributed by atoms with E-state index in [4.69, 9.17) is 17.0 Å². The third kappa shape index (κ3) is 4.64. The van der Waals surface area contributed by atoms with Gasteiger partial charge in [0.25, 0.3) is 0 Å². The molecule has 4 aliphatic rings. The fourth-order valence-electron chi connectivity index (χ4n) is 3.60. The first kappa shape index (κ1) is 20.2. The summed E-state index contributed by atoms with van der Waals surface area (Å²) >= 11 is -0.826. The third-order valence-corrected chi connectivity index (χ3v) is 4.91. The Labute approximate surface area is 172 Å². The summed E-state index contributed by atoms with van der Waals surface area (Å²) in [5, 5.41) is 0. The molecule has 0 bridgehead atoms. The first-order chi connectivity index (χ1) is 12.2. The number of fused-ring (bicyclic) bond motifs is 2. The molecule has 0 saturated heterocycles. The van der Waals surface area contributed by atoms with Crippen molar-refractivity contribution in [3.63, 3.8) is 0 Å². The van der Waals surface area contributed by atoms with Crippen LogP contribution in [-0.2, 0) is 20.8 Å². The van der Waals surface area contributed by atoms with E-state index < -0.39 is 20.8 Å². The van der Waals surface area contributed by atoms with Crippen LogP contribution in [0.15, 0.2) is 46.6 Å². The van der Waals surface area contributed by atoms with Crippen LogP contribution in [0.2, 0.25) is 0 Å². The average Bonchev–Trinajstić information content (AvgIpc) is 3.27. The number of allylic oxidation sites excluding steroid dienone is 8. The van der Waals surface area contributed by atoms with E-state index in [2.05, 4.69) is 76.7 Å². The van der Waals surface area contributed by atoms with Gasteiger partial charge in [0.15, 0.2) is 0 Å². The molecule has 0 heterocycles. The molecule has 0 atom stereocenters. The summed E-state index contributed by atoms with van der Waals surface area (Å²) < 4.78 is 0. The summed E-state index contributed by atoms with van der Waals surface area (Å²) in [6.07, 6.45) is 24.6. The van der Waals surface area contributed by atoms with Crippen LogP contribution < -0.4 is 0 Å². The molecule has 0 aromatic rings. The molecule has 124 valence electrons. The normalized spacial score (nSPS) is 24.3. The Morgan fingerprint density at radius 2 is 1.00 bits per heavy atom. The Balaban J connectivity index is 0.000000569. The minimum atomic E-state index is -0.826. The van der Waals surface area contributed by atoms with E-state index in [1.807, 2.05) is 0 Å². The van der Waals surface area contributed by atoms with Crippen LogP contribution in [0.25, 0.3) is 0 Å². The fourth-order valence-corrected chi connectivity index (χ4v) is 3.60. The number of halogens is 2. The number of rotatable bonds is 3. The molecule has 4 aliphatic carbocycles. The minimum absolute atomic E-state index is 0.826. The van der Waals surface area contributed by atoms with Crippen LogP contribution in [0.5, 0.6) is 0 Å². The summed E-state index contributed by atoms with van der Waals surface area (Å²) in [7, 11) is 9.87. The Bertz CT molecular complexity index is 547. The molecule has 2 fully saturated rings. The van der Waals surface area contributed by atoms with E-state index in [1.54, 1.807) is 0 Å². The van der Waals surface area contributed by atoms with Crippen molar-refractivity contribution < 1.29 is 20.8 Å². The van der Waals surface area contributed by atoms with E-state index in [1.165, 1.54) is 46.0 Å². The molecule has 0 nitrogen and oxygen atoms in total. The van der Waals surface area contributed by atoms with E-state index >= 15 is 0 Å². The summed E-state index contributed by atoms with van der Waals surface area (Å²) in [5.41, 5.74) is 5.67. The summed E-state index contributed by atoms with van der Waals surface area (Å²) in [6, 6.07) is 0. The quantitative estimate of drug-likeness (QED) is 0.466. The van der Waals surface area contributed by atoms with Crippen LogP contribution in [0, 0.1) is 62.2 Å². The van der Waals surface area contributed by atoms with Crippen molar-refractivity contribution in [1.82, 2.24) is 0 Å². The molecule has 3 heteroatoms. The first-order valence-corrected chi connectivity index (χ1v) is 14.7. The van der Waals surface area contributed by atoms with E-state index in [0.29, 0.717) is 0 Å². The molecule has 4 rings (SSSR count). The Hall–Kier alpha value is 0.423. The molecule has 0 aliphatic heterocycles. The number of hydrogen-bond acceptors (Lipinski definition) is 0. The van der Waals surface area contributed by atoms with Crippen molar-refractivity contribution in [1.29, 1.82) is 0 Å². The molecule has 0 amide bonds. The molecule has 0 unspecified atom stereocenters. The van der Waals surface area contributed by atoms with Crippen molar-refractivity contribution in [2.45, 2.75) is 26.7 Å². The van der Waals surface area contributed by atoms with Gasteiger partial charge in [0.05, 0.1) is 0 Å². The molecular weight excluding hydrogens is 426 g/mol. The SMILES string of the molecule is CC1=CC=C(CCC2=CC=C(C)[C]3[CH][CH][CH][C]32)[C]2[CH][CH][CH][C]21.[Cl][Zr+2][Cl]. The summed E-state index contributed by atoms with van der Waals surface area (Å²) in [5.74, 6) is 5.65. The molecule has 0 aromatic carbocycles. The number of hydrogen-bond donors (Lipinski definition) is 0. The van der Waals surface area contributed by atoms with Gasteiger partial charge in [-0.25, -0.2) is 0 Å². The zero-order valence-corrected chi connectivity index (χ0v) is 18.4. The fraction of sp³-hybridized carbons (Fsp3) is 0.182. The van der Waals surface area contributed by atoms with E-state index in [9.17, 15) is 0 Å². The second kappa shape index (κ2) is 9.57. The molecule has 0 spiro atoms. The van der Waals surface area contributed by atoms with Crippen molar-refractivity contribution >= 4 is 17.0 Å². The molecular formula is C22H20Cl2Zr+2. The summed E-state index contributed by atoms with van der Waals surface area (Å²) in [4.78, 5) is 0. The second-order valence-corrected chi connectivity index (χ2v) is 10.1. The van der Waals surface area contributed by atoms with E-state index in [0.717, 1.165) is 12.8 Å². The van der Waals surface area contributed by atoms with Crippen LogP contribution in [-0.4, -0.2) is 0 Å². The van der Waals surface area contributed by atoms with Crippen molar-refractivity contribution in [3.05, 3.63) is 109 Å². The maximum atomic E-state index is 4.93. The van der Waals surface area contributed by atoms with Crippen LogP contribution in [0.1, 0.15) is 26.7 Å². The van der Waals surface area contributed by atoms with Gasteiger partial charge in [0.1, 0.15) is 0 Å². The van der Waals surface area contributed by atoms with Crippen molar-refractivity contribution in [3.8, 4) is 0 Å². The monoisotopic (exact) mass is 444 g/mol. The van der Waals surface area contributed by atoms with Gasteiger partial charge in [-0.05, 0) is 65.2 Å². The van der Waals surface area contributed by atoms with Gasteiger partial charge in [-0.3, -0.25) is 0 Å². The molecule has 25 heavy (non-hydrogen) atoms. The maximum absolute atomic E-state index is 4.93. The van der Waals surface area contributed by atoms with E-state index in [-0.39, 0.29) is 0 Å². The molecule has 2 saturated carbocycles. The standard InChI is InChI=1S/C22H20.2ClH.Zr/c1-15-9-11-17(21-7-3-5-19(15)21)13-14-18-12-10-16(2)20-6-4-8-22(18)20;;;/h3-12H,13-14H2,1-2H3;2*1H;/q;;;+4/p-2. The van der Waals surface area contributed by atoms with Gasteiger partial charge >= 0.3 is 37.9 Å². The van der Waals surface area contributed by atoms with Gasteiger partial charge < -0.3 is 0 Å². The van der Waals surface area contributed by atoms with Crippen LogP contribution >= 0.6 is 17.0 Å². The van der Waals surface area contributed by atoms with Gasteiger partial charge in [-0.15, -0.1) is 0 Å². The predicted molar refractivity (Wildman–Crippen MR) is 103 cm³/mol. The van der Waals surface area contributed by atoms with Crippen molar-refractivity contribution in [2.24, 2.45) is 0 Å². The van der Waals surface area contributed by atoms with Crippen LogP contribution in [0.3, 0.4) is 0 Å². The zero-order chi connectivity index (χ0) is 17.8. The van der Waals surface area contributed by atoms with Crippen molar-refractivity contribution in [2.75, 3.05) is 0 Å². The van der Waals surface area contributed by atoms with Gasteiger partial charge in [-0.2, -0.15) is 0 Å². The molecule has 0 aromatic heterocycles. The first-order valence-electron chi connectivity index (χ1n) is 8.39. The second-order valence-electron chi connectivity index (χ2n) is 6.36.